The van der Waals surface area contributed by atoms with Gasteiger partial charge in [0, 0.05) is 17.7 Å². The van der Waals surface area contributed by atoms with Crippen LogP contribution in [-0.4, -0.2) is 51.9 Å². The van der Waals surface area contributed by atoms with Gasteiger partial charge in [0.15, 0.2) is 0 Å². The van der Waals surface area contributed by atoms with Crippen LogP contribution in [0.25, 0.3) is 0 Å². The third kappa shape index (κ3) is 7.19. The van der Waals surface area contributed by atoms with E-state index in [2.05, 4.69) is 0 Å². The Kier molecular flexibility index (Phi) is 10.6. The first-order chi connectivity index (χ1) is 13.3. The summed E-state index contributed by atoms with van der Waals surface area (Å²) in [5.41, 5.74) is 3.56. The van der Waals surface area contributed by atoms with E-state index in [1.165, 1.54) is 0 Å². The minimum atomic E-state index is -5.62. The number of nitrogen functional groups attached to an aromatic ring is 1. The van der Waals surface area contributed by atoms with Crippen molar-refractivity contribution >= 4 is 46.2 Å². The van der Waals surface area contributed by atoms with Gasteiger partial charge in [0.1, 0.15) is 30.0 Å². The van der Waals surface area contributed by atoms with Crippen molar-refractivity contribution in [2.45, 2.75) is 26.0 Å². The molecule has 0 saturated carbocycles. The summed E-state index contributed by atoms with van der Waals surface area (Å²) in [6.07, 6.45) is -1.02. The van der Waals surface area contributed by atoms with Crippen LogP contribution >= 0.6 is 0 Å². The van der Waals surface area contributed by atoms with Crippen LogP contribution in [0.4, 0.5) is 5.69 Å². The van der Waals surface area contributed by atoms with Crippen molar-refractivity contribution < 1.29 is 111 Å². The zero-order valence-electron chi connectivity index (χ0n) is 16.3. The Bertz CT molecular complexity index is 1470. The molecule has 2 aromatic carbocycles. The molecule has 166 valence electrons. The fourth-order valence-corrected chi connectivity index (χ4v) is 6.71. The van der Waals surface area contributed by atoms with Crippen LogP contribution in [0.2, 0.25) is 0 Å². The third-order valence-corrected chi connectivity index (χ3v) is 7.74. The Hall–Kier alpha value is -0.120. The summed E-state index contributed by atoms with van der Waals surface area (Å²) in [6, 6.07) is 3.57. The van der Waals surface area contributed by atoms with E-state index in [1.807, 2.05) is 0 Å². The van der Waals surface area contributed by atoms with Gasteiger partial charge < -0.3 is 14.8 Å². The second-order valence-electron chi connectivity index (χ2n) is 5.74. The average molecular weight is 547 g/mol. The van der Waals surface area contributed by atoms with Crippen LogP contribution in [0.1, 0.15) is 11.1 Å². The summed E-state index contributed by atoms with van der Waals surface area (Å²) in [4.78, 5) is -5.66. The molecule has 0 bridgehead atoms. The van der Waals surface area contributed by atoms with Crippen LogP contribution in [0.5, 0.6) is 0 Å². The van der Waals surface area contributed by atoms with Crippen molar-refractivity contribution in [3.63, 3.8) is 0 Å². The predicted octanol–water partition coefficient (Wildman–Crippen LogP) is -6.83. The molecule has 0 saturated heterocycles. The minimum absolute atomic E-state index is 0. The van der Waals surface area contributed by atoms with E-state index in [0.29, 0.717) is 12.1 Å². The Morgan fingerprint density at radius 1 is 0.719 bits per heavy atom. The van der Waals surface area contributed by atoms with Crippen molar-refractivity contribution in [2.24, 2.45) is 0 Å². The van der Waals surface area contributed by atoms with Crippen molar-refractivity contribution in [2.75, 3.05) is 5.73 Å². The molecule has 0 aliphatic carbocycles. The largest absolute Gasteiger partial charge is 1.00 e. The second-order valence-corrected chi connectivity index (χ2v) is 11.2. The van der Waals surface area contributed by atoms with Gasteiger partial charge in [-0.15, -0.1) is 0 Å². The van der Waals surface area contributed by atoms with Crippen LogP contribution in [0.15, 0.2) is 49.9 Å². The second kappa shape index (κ2) is 10.6. The van der Waals surface area contributed by atoms with Gasteiger partial charge in [-0.25, -0.2) is 16.8 Å². The molecular weight excluding hydrogens is 536 g/mol. The maximum absolute atomic E-state index is 11.8. The zero-order valence-corrected chi connectivity index (χ0v) is 23.5. The van der Waals surface area contributed by atoms with E-state index in [0.717, 1.165) is 18.2 Å². The standard InChI is InChI=1S/C13H13NO12S4.2Na/c14-9-4-5-11(28(18,19)20)13(30(24,25)26)8(9)6-7-2-1-3-10(27(15,16)17)12(7)29(21,22)23;;/h1-5H,6,14H2,(H,15,16,17)(H,18,19,20)(H,21,22,23)(H,24,25,26);;/q;2*+1/p-2. The van der Waals surface area contributed by atoms with E-state index in [-0.39, 0.29) is 59.1 Å². The molecule has 32 heavy (non-hydrogen) atoms. The summed E-state index contributed by atoms with van der Waals surface area (Å²) in [5.74, 6) is 0. The summed E-state index contributed by atoms with van der Waals surface area (Å²) < 4.78 is 134. The van der Waals surface area contributed by atoms with E-state index in [1.54, 1.807) is 0 Å². The van der Waals surface area contributed by atoms with Crippen molar-refractivity contribution in [1.82, 2.24) is 0 Å². The molecule has 0 amide bonds. The smallest absolute Gasteiger partial charge is 0.744 e. The molecule has 4 N–H and O–H groups in total. The molecule has 0 spiro atoms. The Labute approximate surface area is 228 Å². The fraction of sp³-hybridized carbons (Fsp3) is 0.0769. The maximum Gasteiger partial charge on any atom is 1.00 e. The summed E-state index contributed by atoms with van der Waals surface area (Å²) in [5, 5.41) is 0. The Morgan fingerprint density at radius 3 is 1.66 bits per heavy atom. The number of hydrogen-bond acceptors (Lipinski definition) is 11. The maximum atomic E-state index is 11.8. The van der Waals surface area contributed by atoms with Crippen LogP contribution in [0, 0.1) is 0 Å². The van der Waals surface area contributed by atoms with Crippen molar-refractivity contribution in [3.05, 3.63) is 41.5 Å². The SMILES string of the molecule is Nc1ccc(S(=O)(=O)O)c(S(=O)(=O)O)c1Cc1cccc(S(=O)(=O)[O-])c1S(=O)(=O)[O-].[Na+].[Na+]. The summed E-state index contributed by atoms with van der Waals surface area (Å²) in [7, 11) is -21.7. The Morgan fingerprint density at radius 2 is 1.25 bits per heavy atom. The van der Waals surface area contributed by atoms with Gasteiger partial charge in [0.25, 0.3) is 20.2 Å². The van der Waals surface area contributed by atoms with E-state index in [4.69, 9.17) is 5.73 Å². The molecule has 0 heterocycles. The first kappa shape index (κ1) is 31.9. The molecule has 0 fully saturated rings. The first-order valence-electron chi connectivity index (χ1n) is 7.25. The number of nitrogens with two attached hydrogens (primary N) is 1. The monoisotopic (exact) mass is 547 g/mol. The van der Waals surface area contributed by atoms with Gasteiger partial charge in [0.05, 0.1) is 9.79 Å². The molecule has 19 heteroatoms. The van der Waals surface area contributed by atoms with E-state index >= 15 is 0 Å². The molecule has 0 radical (unpaired) electrons. The molecule has 0 atom stereocenters. The quantitative estimate of drug-likeness (QED) is 0.173. The van der Waals surface area contributed by atoms with Crippen LogP contribution in [0.3, 0.4) is 0 Å². The van der Waals surface area contributed by atoms with Crippen molar-refractivity contribution in [1.29, 1.82) is 0 Å². The normalized spacial score (nSPS) is 12.5. The first-order valence-corrected chi connectivity index (χ1v) is 12.9. The molecular formula is C13H11NNa2O12S4. The zero-order chi connectivity index (χ0) is 23.3. The minimum Gasteiger partial charge on any atom is -0.744 e. The molecule has 2 aromatic rings. The average Bonchev–Trinajstić information content (AvgIpc) is 2.52. The molecule has 0 aliphatic heterocycles. The molecule has 0 aromatic heterocycles. The fourth-order valence-electron chi connectivity index (χ4n) is 2.66. The summed E-state index contributed by atoms with van der Waals surface area (Å²) in [6.45, 7) is 0. The van der Waals surface area contributed by atoms with Gasteiger partial charge in [-0.2, -0.15) is 16.8 Å². The third-order valence-electron chi connectivity index (χ3n) is 3.74. The van der Waals surface area contributed by atoms with Crippen LogP contribution < -0.4 is 64.8 Å². The number of anilines is 1. The summed E-state index contributed by atoms with van der Waals surface area (Å²) >= 11 is 0. The predicted molar refractivity (Wildman–Crippen MR) is 95.7 cm³/mol. The van der Waals surface area contributed by atoms with Crippen LogP contribution in [-0.2, 0) is 46.9 Å². The van der Waals surface area contributed by atoms with Gasteiger partial charge in [-0.05, 0) is 23.8 Å². The van der Waals surface area contributed by atoms with Gasteiger partial charge in [0.2, 0.25) is 0 Å². The van der Waals surface area contributed by atoms with Crippen molar-refractivity contribution in [3.8, 4) is 0 Å². The van der Waals surface area contributed by atoms with Gasteiger partial charge in [-0.1, -0.05) is 12.1 Å². The van der Waals surface area contributed by atoms with E-state index in [9.17, 15) is 51.9 Å². The number of benzene rings is 2. The molecule has 2 rings (SSSR count). The molecule has 0 aliphatic rings. The van der Waals surface area contributed by atoms with Gasteiger partial charge >= 0.3 is 59.1 Å². The van der Waals surface area contributed by atoms with E-state index < -0.39 is 83.3 Å². The van der Waals surface area contributed by atoms with Gasteiger partial charge in [-0.3, -0.25) is 9.11 Å². The number of hydrogen-bond donors (Lipinski definition) is 3. The Balaban J connectivity index is 0.00000480. The molecule has 13 nitrogen and oxygen atoms in total. The molecule has 0 unspecified atom stereocenters. The number of rotatable bonds is 6. The topological polar surface area (TPSA) is 249 Å².